The van der Waals surface area contributed by atoms with Gasteiger partial charge in [-0.15, -0.1) is 0 Å². The third-order valence-electron chi connectivity index (χ3n) is 1.84. The van der Waals surface area contributed by atoms with Gasteiger partial charge in [-0.25, -0.2) is 9.78 Å². The molecule has 1 aromatic rings. The van der Waals surface area contributed by atoms with Gasteiger partial charge in [0.2, 0.25) is 0 Å². The van der Waals surface area contributed by atoms with Crippen LogP contribution in [-0.2, 0) is 20.8 Å². The van der Waals surface area contributed by atoms with E-state index >= 15 is 0 Å². The van der Waals surface area contributed by atoms with Crippen molar-refractivity contribution in [2.24, 2.45) is 0 Å². The number of carbonyl (C=O) groups excluding carboxylic acids is 1. The van der Waals surface area contributed by atoms with Crippen molar-refractivity contribution in [1.29, 1.82) is 0 Å². The van der Waals surface area contributed by atoms with Gasteiger partial charge in [-0.05, 0) is 12.1 Å². The summed E-state index contributed by atoms with van der Waals surface area (Å²) in [6, 6.07) is 3.21. The molecule has 2 N–H and O–H groups in total. The molecule has 1 heterocycles. The number of hydrogen-bond acceptors (Lipinski definition) is 6. The summed E-state index contributed by atoms with van der Waals surface area (Å²) < 4.78 is 14.4. The van der Waals surface area contributed by atoms with E-state index in [4.69, 9.17) is 15.2 Å². The summed E-state index contributed by atoms with van der Waals surface area (Å²) in [5.74, 6) is -0.375. The summed E-state index contributed by atoms with van der Waals surface area (Å²) in [7, 11) is 2.82. The zero-order chi connectivity index (χ0) is 12.0. The van der Waals surface area contributed by atoms with Crippen molar-refractivity contribution in [1.82, 2.24) is 4.98 Å². The van der Waals surface area contributed by atoms with E-state index < -0.39 is 5.97 Å². The van der Waals surface area contributed by atoms with Crippen LogP contribution in [0.15, 0.2) is 12.1 Å². The van der Waals surface area contributed by atoms with Crippen LogP contribution in [0.2, 0.25) is 0 Å². The molecular formula is C10H14N2O4. The van der Waals surface area contributed by atoms with Gasteiger partial charge >= 0.3 is 5.97 Å². The molecule has 1 aromatic heterocycles. The van der Waals surface area contributed by atoms with E-state index in [1.54, 1.807) is 12.1 Å². The van der Waals surface area contributed by atoms with Crippen molar-refractivity contribution < 1.29 is 19.0 Å². The summed E-state index contributed by atoms with van der Waals surface area (Å²) in [4.78, 5) is 15.2. The maximum Gasteiger partial charge on any atom is 0.341 e. The molecule has 0 atom stereocenters. The van der Waals surface area contributed by atoms with Gasteiger partial charge in [0, 0.05) is 7.11 Å². The second kappa shape index (κ2) is 6.04. The van der Waals surface area contributed by atoms with Crippen LogP contribution in [0.25, 0.3) is 0 Å². The SMILES string of the molecule is COCOCc1ccc(C(=O)OC)c(N)n1. The molecule has 16 heavy (non-hydrogen) atoms. The second-order valence-corrected chi connectivity index (χ2v) is 2.98. The van der Waals surface area contributed by atoms with Crippen molar-refractivity contribution >= 4 is 11.8 Å². The Bertz CT molecular complexity index is 368. The minimum Gasteiger partial charge on any atom is -0.465 e. The van der Waals surface area contributed by atoms with Gasteiger partial charge in [-0.2, -0.15) is 0 Å². The molecule has 0 amide bonds. The smallest absolute Gasteiger partial charge is 0.341 e. The molecule has 0 aromatic carbocycles. The van der Waals surface area contributed by atoms with Gasteiger partial charge in [0.15, 0.2) is 0 Å². The molecule has 0 radical (unpaired) electrons. The number of anilines is 1. The standard InChI is InChI=1S/C10H14N2O4/c1-14-6-16-5-7-3-4-8(9(11)12-7)10(13)15-2/h3-4H,5-6H2,1-2H3,(H2,11,12). The molecule has 6 heteroatoms. The molecule has 0 bridgehead atoms. The molecule has 0 aliphatic carbocycles. The summed E-state index contributed by atoms with van der Waals surface area (Å²) in [6.07, 6.45) is 0. The van der Waals surface area contributed by atoms with Crippen LogP contribution < -0.4 is 5.73 Å². The van der Waals surface area contributed by atoms with Crippen molar-refractivity contribution in [3.05, 3.63) is 23.4 Å². The van der Waals surface area contributed by atoms with Crippen LogP contribution in [0.5, 0.6) is 0 Å². The first kappa shape index (κ1) is 12.4. The number of rotatable bonds is 5. The Morgan fingerprint density at radius 1 is 1.44 bits per heavy atom. The van der Waals surface area contributed by atoms with E-state index in [0.29, 0.717) is 5.69 Å². The molecule has 0 aliphatic heterocycles. The number of ether oxygens (including phenoxy) is 3. The van der Waals surface area contributed by atoms with E-state index in [0.717, 1.165) is 0 Å². The number of methoxy groups -OCH3 is 2. The van der Waals surface area contributed by atoms with Crippen LogP contribution in [-0.4, -0.2) is 32.0 Å². The third kappa shape index (κ3) is 3.18. The number of hydrogen-bond donors (Lipinski definition) is 1. The summed E-state index contributed by atoms with van der Waals surface area (Å²) in [6.45, 7) is 0.458. The highest BCUT2D eigenvalue weighted by atomic mass is 16.7. The van der Waals surface area contributed by atoms with Crippen LogP contribution in [0, 0.1) is 0 Å². The lowest BCUT2D eigenvalue weighted by atomic mass is 10.2. The minimum atomic E-state index is -0.505. The number of aromatic nitrogens is 1. The van der Waals surface area contributed by atoms with Gasteiger partial charge in [0.25, 0.3) is 0 Å². The topological polar surface area (TPSA) is 83.7 Å². The highest BCUT2D eigenvalue weighted by Gasteiger charge is 2.11. The highest BCUT2D eigenvalue weighted by Crippen LogP contribution is 2.11. The van der Waals surface area contributed by atoms with Crippen LogP contribution in [0.1, 0.15) is 16.1 Å². The fourth-order valence-electron chi connectivity index (χ4n) is 1.11. The van der Waals surface area contributed by atoms with Gasteiger partial charge in [-0.1, -0.05) is 0 Å². The third-order valence-corrected chi connectivity index (χ3v) is 1.84. The summed E-state index contributed by atoms with van der Waals surface area (Å²) in [5.41, 5.74) is 6.48. The van der Waals surface area contributed by atoms with Crippen molar-refractivity contribution in [2.75, 3.05) is 26.7 Å². The van der Waals surface area contributed by atoms with Crippen LogP contribution >= 0.6 is 0 Å². The fourth-order valence-corrected chi connectivity index (χ4v) is 1.11. The number of nitrogen functional groups attached to an aromatic ring is 1. The first-order chi connectivity index (χ1) is 7.69. The Kier molecular flexibility index (Phi) is 4.68. The normalized spacial score (nSPS) is 10.1. The second-order valence-electron chi connectivity index (χ2n) is 2.98. The fraction of sp³-hybridized carbons (Fsp3) is 0.400. The number of nitrogens with two attached hydrogens (primary N) is 1. The average molecular weight is 226 g/mol. The number of pyridine rings is 1. The lowest BCUT2D eigenvalue weighted by Gasteiger charge is -2.06. The molecule has 6 nitrogen and oxygen atoms in total. The molecule has 1 rings (SSSR count). The Morgan fingerprint density at radius 2 is 2.19 bits per heavy atom. The highest BCUT2D eigenvalue weighted by molar-refractivity contribution is 5.93. The molecule has 0 fully saturated rings. The van der Waals surface area contributed by atoms with E-state index in [1.165, 1.54) is 14.2 Å². The molecule has 0 saturated heterocycles. The van der Waals surface area contributed by atoms with Crippen molar-refractivity contribution in [2.45, 2.75) is 6.61 Å². The minimum absolute atomic E-state index is 0.130. The first-order valence-corrected chi connectivity index (χ1v) is 4.59. The Balaban J connectivity index is 2.71. The average Bonchev–Trinajstić information content (AvgIpc) is 2.29. The summed E-state index contributed by atoms with van der Waals surface area (Å²) >= 11 is 0. The number of carbonyl (C=O) groups is 1. The maximum absolute atomic E-state index is 11.2. The van der Waals surface area contributed by atoms with Crippen LogP contribution in [0.4, 0.5) is 5.82 Å². The van der Waals surface area contributed by atoms with Crippen molar-refractivity contribution in [3.63, 3.8) is 0 Å². The van der Waals surface area contributed by atoms with E-state index in [-0.39, 0.29) is 24.8 Å². The van der Waals surface area contributed by atoms with Crippen LogP contribution in [0.3, 0.4) is 0 Å². The van der Waals surface area contributed by atoms with Gasteiger partial charge in [0.1, 0.15) is 18.2 Å². The Labute approximate surface area is 93.3 Å². The molecule has 88 valence electrons. The Morgan fingerprint density at radius 3 is 2.75 bits per heavy atom. The first-order valence-electron chi connectivity index (χ1n) is 4.59. The molecule has 0 spiro atoms. The maximum atomic E-state index is 11.2. The largest absolute Gasteiger partial charge is 0.465 e. The zero-order valence-electron chi connectivity index (χ0n) is 9.23. The molecule has 0 unspecified atom stereocenters. The lowest BCUT2D eigenvalue weighted by Crippen LogP contribution is -2.09. The lowest BCUT2D eigenvalue weighted by molar-refractivity contribution is -0.0400. The van der Waals surface area contributed by atoms with Gasteiger partial charge < -0.3 is 19.9 Å². The quantitative estimate of drug-likeness (QED) is 0.449. The predicted molar refractivity (Wildman–Crippen MR) is 56.7 cm³/mol. The van der Waals surface area contributed by atoms with Gasteiger partial charge in [0.05, 0.1) is 19.4 Å². The Hall–Kier alpha value is -1.66. The number of esters is 1. The van der Waals surface area contributed by atoms with E-state index in [1.807, 2.05) is 0 Å². The molecule has 0 aliphatic rings. The monoisotopic (exact) mass is 226 g/mol. The molecule has 0 saturated carbocycles. The van der Waals surface area contributed by atoms with E-state index in [2.05, 4.69) is 9.72 Å². The van der Waals surface area contributed by atoms with Crippen molar-refractivity contribution in [3.8, 4) is 0 Å². The van der Waals surface area contributed by atoms with E-state index in [9.17, 15) is 4.79 Å². The molecular weight excluding hydrogens is 212 g/mol. The zero-order valence-corrected chi connectivity index (χ0v) is 9.23. The van der Waals surface area contributed by atoms with Gasteiger partial charge in [-0.3, -0.25) is 0 Å². The summed E-state index contributed by atoms with van der Waals surface area (Å²) in [5, 5.41) is 0. The number of nitrogens with zero attached hydrogens (tertiary/aromatic N) is 1. The predicted octanol–water partition coefficient (Wildman–Crippen LogP) is 0.571.